The van der Waals surface area contributed by atoms with E-state index in [-0.39, 0.29) is 17.6 Å². The van der Waals surface area contributed by atoms with Crippen molar-refractivity contribution >= 4 is 17.6 Å². The van der Waals surface area contributed by atoms with E-state index in [9.17, 15) is 9.59 Å². The number of urea groups is 1. The molecule has 1 aromatic carbocycles. The summed E-state index contributed by atoms with van der Waals surface area (Å²) in [5.74, 6) is 0.169. The van der Waals surface area contributed by atoms with Gasteiger partial charge in [0.25, 0.3) is 0 Å². The van der Waals surface area contributed by atoms with Gasteiger partial charge in [0.05, 0.1) is 23.4 Å². The number of benzene rings is 1. The minimum Gasteiger partial charge on any atom is -0.489 e. The Labute approximate surface area is 148 Å². The number of hydrogen-bond acceptors (Lipinski definition) is 4. The Balaban J connectivity index is 2.82. The molecule has 0 unspecified atom stereocenters. The number of anilines is 1. The maximum atomic E-state index is 12.2. The summed E-state index contributed by atoms with van der Waals surface area (Å²) in [5, 5.41) is 17.0. The van der Waals surface area contributed by atoms with E-state index >= 15 is 0 Å². The second kappa shape index (κ2) is 8.38. The Morgan fingerprint density at radius 1 is 1.20 bits per heavy atom. The lowest BCUT2D eigenvalue weighted by molar-refractivity contribution is -0.123. The van der Waals surface area contributed by atoms with E-state index < -0.39 is 12.1 Å². The summed E-state index contributed by atoms with van der Waals surface area (Å²) in [5.41, 5.74) is 0.377. The topological polar surface area (TPSA) is 103 Å². The quantitative estimate of drug-likeness (QED) is 0.762. The lowest BCUT2D eigenvalue weighted by atomic mass is 10.1. The van der Waals surface area contributed by atoms with Crippen LogP contribution in [0.3, 0.4) is 0 Å². The number of nitrogens with one attached hydrogen (secondary N) is 3. The molecule has 0 aliphatic heterocycles. The number of ether oxygens (including phenoxy) is 1. The molecule has 3 amide bonds. The van der Waals surface area contributed by atoms with E-state index in [1.54, 1.807) is 19.1 Å². The second-order valence-electron chi connectivity index (χ2n) is 7.05. The van der Waals surface area contributed by atoms with Gasteiger partial charge in [-0.25, -0.2) is 4.79 Å². The number of nitriles is 1. The molecule has 0 aliphatic carbocycles. The van der Waals surface area contributed by atoms with Crippen LogP contribution in [0.5, 0.6) is 5.75 Å². The first-order valence-corrected chi connectivity index (χ1v) is 8.12. The van der Waals surface area contributed by atoms with Gasteiger partial charge < -0.3 is 20.7 Å². The highest BCUT2D eigenvalue weighted by molar-refractivity contribution is 5.94. The van der Waals surface area contributed by atoms with Crippen molar-refractivity contribution in [3.05, 3.63) is 23.8 Å². The highest BCUT2D eigenvalue weighted by Gasteiger charge is 2.21. The minimum atomic E-state index is -0.715. The summed E-state index contributed by atoms with van der Waals surface area (Å²) in [7, 11) is 0. The van der Waals surface area contributed by atoms with Crippen LogP contribution < -0.4 is 20.7 Å². The molecule has 0 saturated carbocycles. The Bertz CT molecular complexity index is 672. The number of rotatable bonds is 5. The van der Waals surface area contributed by atoms with Crippen molar-refractivity contribution in [1.29, 1.82) is 5.26 Å². The van der Waals surface area contributed by atoms with Crippen LogP contribution >= 0.6 is 0 Å². The molecule has 7 nitrogen and oxygen atoms in total. The normalized spacial score (nSPS) is 12.1. The van der Waals surface area contributed by atoms with Crippen LogP contribution in [-0.2, 0) is 4.79 Å². The molecule has 0 fully saturated rings. The first-order chi connectivity index (χ1) is 11.5. The minimum absolute atomic E-state index is 0.0898. The maximum absolute atomic E-state index is 12.2. The van der Waals surface area contributed by atoms with Crippen LogP contribution in [-0.4, -0.2) is 29.6 Å². The smallest absolute Gasteiger partial charge is 0.319 e. The van der Waals surface area contributed by atoms with E-state index in [0.29, 0.717) is 17.0 Å². The Kier molecular flexibility index (Phi) is 6.80. The molecule has 136 valence electrons. The van der Waals surface area contributed by atoms with Crippen molar-refractivity contribution in [2.24, 2.45) is 0 Å². The molecule has 0 heterocycles. The summed E-state index contributed by atoms with van der Waals surface area (Å²) in [6.07, 6.45) is -0.0898. The molecule has 0 aliphatic rings. The number of amides is 3. The monoisotopic (exact) mass is 346 g/mol. The third kappa shape index (κ3) is 7.12. The molecule has 1 atom stereocenters. The van der Waals surface area contributed by atoms with Crippen LogP contribution in [0.25, 0.3) is 0 Å². The van der Waals surface area contributed by atoms with Gasteiger partial charge in [0.15, 0.2) is 0 Å². The number of carbonyl (C=O) groups excluding carboxylic acids is 2. The summed E-state index contributed by atoms with van der Waals surface area (Å²) in [6, 6.07) is 5.51. The third-order valence-electron chi connectivity index (χ3n) is 2.96. The fourth-order valence-corrected chi connectivity index (χ4v) is 1.95. The van der Waals surface area contributed by atoms with Crippen molar-refractivity contribution in [3.8, 4) is 11.8 Å². The molecule has 0 saturated heterocycles. The van der Waals surface area contributed by atoms with Gasteiger partial charge in [-0.3, -0.25) is 4.79 Å². The average Bonchev–Trinajstić information content (AvgIpc) is 2.46. The van der Waals surface area contributed by atoms with Crippen molar-refractivity contribution in [2.75, 3.05) is 5.32 Å². The Morgan fingerprint density at radius 2 is 1.84 bits per heavy atom. The van der Waals surface area contributed by atoms with E-state index in [0.717, 1.165) is 0 Å². The molecular weight excluding hydrogens is 320 g/mol. The van der Waals surface area contributed by atoms with Gasteiger partial charge in [0, 0.05) is 5.54 Å². The molecular formula is C18H26N4O3. The van der Waals surface area contributed by atoms with Crippen molar-refractivity contribution < 1.29 is 14.3 Å². The van der Waals surface area contributed by atoms with E-state index in [4.69, 9.17) is 10.00 Å². The first kappa shape index (κ1) is 20.3. The predicted molar refractivity (Wildman–Crippen MR) is 96.4 cm³/mol. The molecule has 1 rings (SSSR count). The van der Waals surface area contributed by atoms with Gasteiger partial charge in [-0.2, -0.15) is 5.26 Å². The summed E-state index contributed by atoms with van der Waals surface area (Å²) < 4.78 is 5.63. The fraction of sp³-hybridized carbons (Fsp3) is 0.500. The molecule has 0 spiro atoms. The Morgan fingerprint density at radius 3 is 2.36 bits per heavy atom. The van der Waals surface area contributed by atoms with Crippen molar-refractivity contribution in [1.82, 2.24) is 10.6 Å². The zero-order chi connectivity index (χ0) is 19.2. The largest absolute Gasteiger partial charge is 0.489 e. The second-order valence-corrected chi connectivity index (χ2v) is 7.05. The van der Waals surface area contributed by atoms with Gasteiger partial charge in [-0.05, 0) is 59.7 Å². The molecule has 0 bridgehead atoms. The van der Waals surface area contributed by atoms with Crippen LogP contribution in [0.1, 0.15) is 47.1 Å². The molecule has 25 heavy (non-hydrogen) atoms. The highest BCUT2D eigenvalue weighted by Crippen LogP contribution is 2.26. The lowest BCUT2D eigenvalue weighted by Crippen LogP contribution is -2.51. The molecule has 0 aromatic heterocycles. The number of hydrogen-bond donors (Lipinski definition) is 3. The standard InChI is InChI=1S/C18H26N4O3/c1-11(2)25-15-8-7-13(10-19)9-14(15)21-17(24)20-12(3)16(23)22-18(4,5)6/h7-9,11-12H,1-6H3,(H,22,23)(H2,20,21,24)/t12-/m0/s1. The number of carbonyl (C=O) groups is 2. The molecule has 3 N–H and O–H groups in total. The van der Waals surface area contributed by atoms with Crippen LogP contribution in [0, 0.1) is 11.3 Å². The third-order valence-corrected chi connectivity index (χ3v) is 2.96. The predicted octanol–water partition coefficient (Wildman–Crippen LogP) is 2.77. The van der Waals surface area contributed by atoms with Gasteiger partial charge in [-0.15, -0.1) is 0 Å². The van der Waals surface area contributed by atoms with Gasteiger partial charge in [0.2, 0.25) is 5.91 Å². The van der Waals surface area contributed by atoms with Crippen LogP contribution in [0.2, 0.25) is 0 Å². The average molecular weight is 346 g/mol. The summed E-state index contributed by atoms with van der Waals surface area (Å²) in [4.78, 5) is 24.2. The van der Waals surface area contributed by atoms with Gasteiger partial charge >= 0.3 is 6.03 Å². The van der Waals surface area contributed by atoms with Crippen LogP contribution in [0.4, 0.5) is 10.5 Å². The van der Waals surface area contributed by atoms with Crippen LogP contribution in [0.15, 0.2) is 18.2 Å². The fourth-order valence-electron chi connectivity index (χ4n) is 1.95. The highest BCUT2D eigenvalue weighted by atomic mass is 16.5. The Hall–Kier alpha value is -2.75. The summed E-state index contributed by atoms with van der Waals surface area (Å²) >= 11 is 0. The SMILES string of the molecule is CC(C)Oc1ccc(C#N)cc1NC(=O)N[C@@H](C)C(=O)NC(C)(C)C. The van der Waals surface area contributed by atoms with E-state index in [1.165, 1.54) is 6.07 Å². The summed E-state index contributed by atoms with van der Waals surface area (Å²) in [6.45, 7) is 10.9. The lowest BCUT2D eigenvalue weighted by Gasteiger charge is -2.24. The van der Waals surface area contributed by atoms with Gasteiger partial charge in [0.1, 0.15) is 11.8 Å². The zero-order valence-corrected chi connectivity index (χ0v) is 15.6. The van der Waals surface area contributed by atoms with Gasteiger partial charge in [-0.1, -0.05) is 0 Å². The van der Waals surface area contributed by atoms with E-state index in [2.05, 4.69) is 16.0 Å². The van der Waals surface area contributed by atoms with Crippen molar-refractivity contribution in [2.45, 2.75) is 59.2 Å². The number of nitrogens with zero attached hydrogens (tertiary/aromatic N) is 1. The van der Waals surface area contributed by atoms with E-state index in [1.807, 2.05) is 40.7 Å². The molecule has 0 radical (unpaired) electrons. The first-order valence-electron chi connectivity index (χ1n) is 8.12. The van der Waals surface area contributed by atoms with Crippen molar-refractivity contribution in [3.63, 3.8) is 0 Å². The molecule has 1 aromatic rings. The maximum Gasteiger partial charge on any atom is 0.319 e. The molecule has 7 heteroatoms. The zero-order valence-electron chi connectivity index (χ0n) is 15.6.